The SMILES string of the molecule is CC1(C)N=C(c2cc3cccc(F)c3[nH]c2=O)c2ccccc2C1(F)F. The Balaban J connectivity index is 2.05. The molecule has 0 saturated carbocycles. The van der Waals surface area contributed by atoms with Gasteiger partial charge >= 0.3 is 0 Å². The van der Waals surface area contributed by atoms with Gasteiger partial charge in [-0.25, -0.2) is 4.39 Å². The molecule has 0 bridgehead atoms. The molecule has 1 aromatic heterocycles. The number of nitrogens with one attached hydrogen (secondary N) is 1. The largest absolute Gasteiger partial charge is 0.319 e. The molecule has 3 nitrogen and oxygen atoms in total. The van der Waals surface area contributed by atoms with Crippen LogP contribution in [0.1, 0.15) is 30.5 Å². The third-order valence-electron chi connectivity index (χ3n) is 4.76. The van der Waals surface area contributed by atoms with Crippen LogP contribution in [0.3, 0.4) is 0 Å². The Morgan fingerprint density at radius 1 is 1.00 bits per heavy atom. The van der Waals surface area contributed by atoms with Crippen molar-refractivity contribution in [3.8, 4) is 0 Å². The van der Waals surface area contributed by atoms with E-state index in [4.69, 9.17) is 0 Å². The summed E-state index contributed by atoms with van der Waals surface area (Å²) in [5.41, 5.74) is -1.86. The number of alkyl halides is 2. The van der Waals surface area contributed by atoms with Crippen LogP contribution in [0.15, 0.2) is 58.3 Å². The quantitative estimate of drug-likeness (QED) is 0.691. The first-order chi connectivity index (χ1) is 12.2. The minimum absolute atomic E-state index is 0.0792. The number of nitrogens with zero attached hydrogens (tertiary/aromatic N) is 1. The number of fused-ring (bicyclic) bond motifs is 2. The van der Waals surface area contributed by atoms with Crippen LogP contribution in [-0.4, -0.2) is 16.2 Å². The Bertz CT molecular complexity index is 1130. The average Bonchev–Trinajstić information content (AvgIpc) is 2.59. The summed E-state index contributed by atoms with van der Waals surface area (Å²) in [6.45, 7) is 2.66. The van der Waals surface area contributed by atoms with Crippen molar-refractivity contribution in [2.24, 2.45) is 4.99 Å². The van der Waals surface area contributed by atoms with E-state index in [1.54, 1.807) is 12.1 Å². The van der Waals surface area contributed by atoms with Crippen LogP contribution in [0.4, 0.5) is 13.2 Å². The molecule has 0 atom stereocenters. The number of hydrogen-bond donors (Lipinski definition) is 1. The zero-order valence-electron chi connectivity index (χ0n) is 14.1. The van der Waals surface area contributed by atoms with E-state index < -0.39 is 22.8 Å². The van der Waals surface area contributed by atoms with Gasteiger partial charge in [-0.3, -0.25) is 9.79 Å². The molecule has 3 aromatic rings. The highest BCUT2D eigenvalue weighted by atomic mass is 19.3. The number of pyridine rings is 1. The molecule has 0 unspecified atom stereocenters. The molecule has 0 aliphatic carbocycles. The molecule has 1 aliphatic rings. The topological polar surface area (TPSA) is 45.2 Å². The molecule has 0 saturated heterocycles. The van der Waals surface area contributed by atoms with Gasteiger partial charge in [0.05, 0.1) is 16.8 Å². The second-order valence-electron chi connectivity index (χ2n) is 6.86. The zero-order chi connectivity index (χ0) is 18.7. The van der Waals surface area contributed by atoms with Crippen molar-refractivity contribution >= 4 is 16.6 Å². The highest BCUT2D eigenvalue weighted by molar-refractivity contribution is 6.15. The van der Waals surface area contributed by atoms with Crippen molar-refractivity contribution in [2.75, 3.05) is 0 Å². The normalized spacial score (nSPS) is 17.7. The number of benzene rings is 2. The molecule has 26 heavy (non-hydrogen) atoms. The summed E-state index contributed by atoms with van der Waals surface area (Å²) in [5.74, 6) is -3.73. The summed E-state index contributed by atoms with van der Waals surface area (Å²) in [5, 5.41) is 0.468. The maximum atomic E-state index is 14.8. The molecule has 4 rings (SSSR count). The summed E-state index contributed by atoms with van der Waals surface area (Å²) >= 11 is 0. The van der Waals surface area contributed by atoms with E-state index >= 15 is 0 Å². The first-order valence-corrected chi connectivity index (χ1v) is 8.12. The minimum Gasteiger partial charge on any atom is -0.319 e. The minimum atomic E-state index is -3.18. The molecule has 132 valence electrons. The summed E-state index contributed by atoms with van der Waals surface area (Å²) in [6, 6.07) is 11.9. The van der Waals surface area contributed by atoms with Crippen molar-refractivity contribution in [3.63, 3.8) is 0 Å². The van der Waals surface area contributed by atoms with Gasteiger partial charge in [-0.1, -0.05) is 36.4 Å². The van der Waals surface area contributed by atoms with Gasteiger partial charge < -0.3 is 4.98 Å². The van der Waals surface area contributed by atoms with Crippen molar-refractivity contribution in [1.82, 2.24) is 4.98 Å². The Hall–Kier alpha value is -2.89. The lowest BCUT2D eigenvalue weighted by Gasteiger charge is -2.37. The van der Waals surface area contributed by atoms with E-state index in [2.05, 4.69) is 9.98 Å². The van der Waals surface area contributed by atoms with Crippen LogP contribution < -0.4 is 5.56 Å². The van der Waals surface area contributed by atoms with E-state index in [1.165, 1.54) is 50.2 Å². The maximum Gasteiger partial charge on any atom is 0.297 e. The predicted octanol–water partition coefficient (Wildman–Crippen LogP) is 4.39. The number of aliphatic imine (C=N–C) groups is 1. The molecule has 0 spiro atoms. The van der Waals surface area contributed by atoms with E-state index in [1.807, 2.05) is 0 Å². The second-order valence-corrected chi connectivity index (χ2v) is 6.86. The maximum absolute atomic E-state index is 14.8. The summed E-state index contributed by atoms with van der Waals surface area (Å²) in [4.78, 5) is 19.3. The van der Waals surface area contributed by atoms with Crippen LogP contribution in [0.2, 0.25) is 0 Å². The molecule has 6 heteroatoms. The molecule has 0 amide bonds. The second kappa shape index (κ2) is 5.30. The fourth-order valence-electron chi connectivity index (χ4n) is 3.28. The Kier molecular flexibility index (Phi) is 3.38. The van der Waals surface area contributed by atoms with Crippen LogP contribution in [0.5, 0.6) is 0 Å². The zero-order valence-corrected chi connectivity index (χ0v) is 14.1. The van der Waals surface area contributed by atoms with Gasteiger partial charge in [0.25, 0.3) is 11.5 Å². The van der Waals surface area contributed by atoms with Crippen molar-refractivity contribution in [1.29, 1.82) is 0 Å². The lowest BCUT2D eigenvalue weighted by molar-refractivity contribution is -0.0681. The smallest absolute Gasteiger partial charge is 0.297 e. The standard InChI is InChI=1S/C20H15F3N2O/c1-19(2)20(22,23)14-8-4-3-7-12(14)17(25-19)13-10-11-6-5-9-15(21)16(11)24-18(13)26/h3-10H,1-2H3,(H,24,26). The summed E-state index contributed by atoms with van der Waals surface area (Å²) in [7, 11) is 0. The molecular weight excluding hydrogens is 341 g/mol. The number of rotatable bonds is 1. The van der Waals surface area contributed by atoms with Gasteiger partial charge in [0.15, 0.2) is 0 Å². The predicted molar refractivity (Wildman–Crippen MR) is 94.6 cm³/mol. The van der Waals surface area contributed by atoms with E-state index in [9.17, 15) is 18.0 Å². The number of hydrogen-bond acceptors (Lipinski definition) is 2. The van der Waals surface area contributed by atoms with Crippen molar-refractivity contribution < 1.29 is 13.2 Å². The molecule has 1 N–H and O–H groups in total. The Labute approximate surface area is 147 Å². The number of aromatic amines is 1. The van der Waals surface area contributed by atoms with E-state index in [0.717, 1.165) is 0 Å². The number of aromatic nitrogens is 1. The number of H-pyrrole nitrogens is 1. The van der Waals surface area contributed by atoms with E-state index in [0.29, 0.717) is 5.39 Å². The van der Waals surface area contributed by atoms with Gasteiger partial charge in [0, 0.05) is 16.5 Å². The monoisotopic (exact) mass is 356 g/mol. The number of para-hydroxylation sites is 1. The van der Waals surface area contributed by atoms with Crippen LogP contribution in [0, 0.1) is 5.82 Å². The number of halogens is 3. The lowest BCUT2D eigenvalue weighted by atomic mass is 9.81. The highest BCUT2D eigenvalue weighted by Crippen LogP contribution is 2.46. The van der Waals surface area contributed by atoms with Crippen LogP contribution in [-0.2, 0) is 5.92 Å². The van der Waals surface area contributed by atoms with Gasteiger partial charge in [-0.05, 0) is 26.0 Å². The average molecular weight is 356 g/mol. The van der Waals surface area contributed by atoms with E-state index in [-0.39, 0.29) is 27.9 Å². The van der Waals surface area contributed by atoms with Gasteiger partial charge in [-0.2, -0.15) is 8.78 Å². The lowest BCUT2D eigenvalue weighted by Crippen LogP contribution is -2.44. The Morgan fingerprint density at radius 2 is 1.73 bits per heavy atom. The third-order valence-corrected chi connectivity index (χ3v) is 4.76. The fourth-order valence-corrected chi connectivity index (χ4v) is 3.28. The van der Waals surface area contributed by atoms with Gasteiger partial charge in [0.2, 0.25) is 0 Å². The first-order valence-electron chi connectivity index (χ1n) is 8.12. The van der Waals surface area contributed by atoms with Crippen LogP contribution >= 0.6 is 0 Å². The van der Waals surface area contributed by atoms with Crippen molar-refractivity contribution in [3.05, 3.63) is 81.4 Å². The highest BCUT2D eigenvalue weighted by Gasteiger charge is 2.52. The summed E-state index contributed by atoms with van der Waals surface area (Å²) < 4.78 is 43.6. The van der Waals surface area contributed by atoms with Crippen LogP contribution in [0.25, 0.3) is 10.9 Å². The summed E-state index contributed by atoms with van der Waals surface area (Å²) in [6.07, 6.45) is 0. The van der Waals surface area contributed by atoms with Crippen molar-refractivity contribution in [2.45, 2.75) is 25.3 Å². The molecule has 0 radical (unpaired) electrons. The molecule has 2 aromatic carbocycles. The molecule has 1 aliphatic heterocycles. The first kappa shape index (κ1) is 16.6. The Morgan fingerprint density at radius 3 is 2.50 bits per heavy atom. The fraction of sp³-hybridized carbons (Fsp3) is 0.200. The third kappa shape index (κ3) is 2.21. The molecule has 0 fully saturated rings. The molecular formula is C20H15F3N2O. The van der Waals surface area contributed by atoms with Gasteiger partial charge in [-0.15, -0.1) is 0 Å². The van der Waals surface area contributed by atoms with Gasteiger partial charge in [0.1, 0.15) is 11.4 Å². The molecule has 2 heterocycles.